The van der Waals surface area contributed by atoms with Gasteiger partial charge in [-0.15, -0.1) is 0 Å². The van der Waals surface area contributed by atoms with Crippen molar-refractivity contribution in [1.29, 1.82) is 0 Å². The van der Waals surface area contributed by atoms with Crippen LogP contribution in [0.3, 0.4) is 0 Å². The van der Waals surface area contributed by atoms with E-state index in [0.717, 1.165) is 27.9 Å². The third kappa shape index (κ3) is 3.98. The lowest BCUT2D eigenvalue weighted by Crippen LogP contribution is -2.02. The number of hydrogen-bond donors (Lipinski definition) is 0. The van der Waals surface area contributed by atoms with Crippen LogP contribution in [-0.4, -0.2) is 4.57 Å². The summed E-state index contributed by atoms with van der Waals surface area (Å²) in [4.78, 5) is 14.0. The molecule has 3 nitrogen and oxygen atoms in total. The van der Waals surface area contributed by atoms with Crippen LogP contribution in [0.25, 0.3) is 93.2 Å². The van der Waals surface area contributed by atoms with Crippen LogP contribution in [0.1, 0.15) is 0 Å². The van der Waals surface area contributed by atoms with Crippen LogP contribution in [0, 0.1) is 0 Å². The molecule has 0 aliphatic carbocycles. The van der Waals surface area contributed by atoms with Gasteiger partial charge in [-0.2, -0.15) is 0 Å². The van der Waals surface area contributed by atoms with E-state index in [-0.39, 0.29) is 5.43 Å². The number of nitrogens with zero attached hydrogens (tertiary/aromatic N) is 1. The van der Waals surface area contributed by atoms with E-state index in [2.05, 4.69) is 114 Å². The van der Waals surface area contributed by atoms with Crippen molar-refractivity contribution in [2.24, 2.45) is 0 Å². The Morgan fingerprint density at radius 2 is 0.896 bits per heavy atom. The fraction of sp³-hybridized carbons (Fsp3) is 0. The number of rotatable bonds is 3. The zero-order valence-corrected chi connectivity index (χ0v) is 25.9. The Balaban J connectivity index is 1.20. The van der Waals surface area contributed by atoms with Crippen molar-refractivity contribution in [2.75, 3.05) is 0 Å². The molecule has 0 N–H and O–H groups in total. The second-order valence-corrected chi connectivity index (χ2v) is 12.5. The first kappa shape index (κ1) is 26.7. The average Bonchev–Trinajstić information content (AvgIpc) is 3.51. The fourth-order valence-corrected chi connectivity index (χ4v) is 7.47. The molecule has 0 bridgehead atoms. The van der Waals surface area contributed by atoms with Crippen LogP contribution in [-0.2, 0) is 0 Å². The molecule has 0 spiro atoms. The molecule has 0 atom stereocenters. The molecule has 0 saturated heterocycles. The van der Waals surface area contributed by atoms with E-state index in [1.807, 2.05) is 54.6 Å². The summed E-state index contributed by atoms with van der Waals surface area (Å²) in [5, 5.41) is 8.45. The van der Waals surface area contributed by atoms with Crippen LogP contribution < -0.4 is 5.43 Å². The van der Waals surface area contributed by atoms with Crippen molar-refractivity contribution in [3.05, 3.63) is 174 Å². The minimum absolute atomic E-state index is 0.0256. The van der Waals surface area contributed by atoms with Crippen molar-refractivity contribution in [3.63, 3.8) is 0 Å². The van der Waals surface area contributed by atoms with Gasteiger partial charge in [-0.25, -0.2) is 0 Å². The number of fused-ring (bicyclic) bond motifs is 9. The highest BCUT2D eigenvalue weighted by molar-refractivity contribution is 6.23. The van der Waals surface area contributed by atoms with Crippen molar-refractivity contribution < 1.29 is 4.42 Å². The molecule has 0 fully saturated rings. The normalized spacial score (nSPS) is 11.8. The molecule has 10 rings (SSSR count). The van der Waals surface area contributed by atoms with Gasteiger partial charge in [0.05, 0.1) is 21.8 Å². The highest BCUT2D eigenvalue weighted by Crippen LogP contribution is 2.40. The standard InChI is InChI=1S/C45H27NO2/c47-45-39-26-32(28-9-2-1-3-10-28)19-23-41(39)48-42-24-20-33(27-40(42)45)31-13-8-14-34(25-31)46-43-35-15-6-4-11-29(35)17-21-37(43)38-22-18-30-12-5-7-16-36(30)44(38)46/h1-27H. The van der Waals surface area contributed by atoms with Crippen molar-refractivity contribution >= 4 is 65.3 Å². The van der Waals surface area contributed by atoms with Gasteiger partial charge in [0.15, 0.2) is 0 Å². The molecule has 48 heavy (non-hydrogen) atoms. The third-order valence-electron chi connectivity index (χ3n) is 9.75. The molecule has 3 heteroatoms. The lowest BCUT2D eigenvalue weighted by molar-refractivity contribution is 0.660. The zero-order valence-electron chi connectivity index (χ0n) is 25.9. The molecule has 2 heterocycles. The number of hydrogen-bond acceptors (Lipinski definition) is 2. The van der Waals surface area contributed by atoms with E-state index in [9.17, 15) is 4.79 Å². The Kier molecular flexibility index (Phi) is 5.73. The van der Waals surface area contributed by atoms with Gasteiger partial charge in [0.2, 0.25) is 5.43 Å². The van der Waals surface area contributed by atoms with E-state index >= 15 is 0 Å². The van der Waals surface area contributed by atoms with Gasteiger partial charge in [0, 0.05) is 27.2 Å². The SMILES string of the molecule is O=c1c2cc(-c3ccccc3)ccc2oc2ccc(-c3cccc(-n4c5c6ccccc6ccc5c5ccc6ccccc6c54)c3)cc12. The first-order chi connectivity index (χ1) is 23.7. The van der Waals surface area contributed by atoms with Crippen LogP contribution >= 0.6 is 0 Å². The predicted octanol–water partition coefficient (Wildman–Crippen LogP) is 11.7. The van der Waals surface area contributed by atoms with Gasteiger partial charge in [-0.3, -0.25) is 4.79 Å². The minimum Gasteiger partial charge on any atom is -0.456 e. The second kappa shape index (κ2) is 10.3. The molecule has 8 aromatic carbocycles. The van der Waals surface area contributed by atoms with Gasteiger partial charge < -0.3 is 8.98 Å². The van der Waals surface area contributed by atoms with Crippen LogP contribution in [0.5, 0.6) is 0 Å². The van der Waals surface area contributed by atoms with E-state index in [4.69, 9.17) is 4.42 Å². The Hall–Kier alpha value is -6.45. The van der Waals surface area contributed by atoms with E-state index < -0.39 is 0 Å². The molecule has 0 unspecified atom stereocenters. The summed E-state index contributed by atoms with van der Waals surface area (Å²) < 4.78 is 8.69. The summed E-state index contributed by atoms with van der Waals surface area (Å²) in [6.45, 7) is 0. The van der Waals surface area contributed by atoms with Crippen LogP contribution in [0.4, 0.5) is 0 Å². The quantitative estimate of drug-likeness (QED) is 0.186. The minimum atomic E-state index is -0.0256. The molecule has 0 aliphatic heterocycles. The average molecular weight is 614 g/mol. The largest absolute Gasteiger partial charge is 0.456 e. The Bertz CT molecular complexity index is 2870. The van der Waals surface area contributed by atoms with Crippen LogP contribution in [0.15, 0.2) is 173 Å². The van der Waals surface area contributed by atoms with Gasteiger partial charge in [0.25, 0.3) is 0 Å². The Labute approximate surface area is 275 Å². The monoisotopic (exact) mass is 613 g/mol. The Morgan fingerprint density at radius 3 is 1.52 bits per heavy atom. The summed E-state index contributed by atoms with van der Waals surface area (Å²) in [6, 6.07) is 56.7. The lowest BCUT2D eigenvalue weighted by atomic mass is 10.0. The van der Waals surface area contributed by atoms with Gasteiger partial charge in [0.1, 0.15) is 11.2 Å². The molecule has 2 aromatic heterocycles. The van der Waals surface area contributed by atoms with Gasteiger partial charge in [-0.1, -0.05) is 127 Å². The summed E-state index contributed by atoms with van der Waals surface area (Å²) in [6.07, 6.45) is 0. The number of aromatic nitrogens is 1. The number of benzene rings is 8. The molecule has 0 saturated carbocycles. The van der Waals surface area contributed by atoms with Crippen molar-refractivity contribution in [3.8, 4) is 27.9 Å². The summed E-state index contributed by atoms with van der Waals surface area (Å²) in [5.41, 5.74) is 8.65. The van der Waals surface area contributed by atoms with Crippen molar-refractivity contribution in [2.45, 2.75) is 0 Å². The fourth-order valence-electron chi connectivity index (χ4n) is 7.47. The molecule has 10 aromatic rings. The summed E-state index contributed by atoms with van der Waals surface area (Å²) >= 11 is 0. The lowest BCUT2D eigenvalue weighted by Gasteiger charge is -2.13. The van der Waals surface area contributed by atoms with Crippen molar-refractivity contribution in [1.82, 2.24) is 4.57 Å². The summed E-state index contributed by atoms with van der Waals surface area (Å²) in [7, 11) is 0. The smallest absolute Gasteiger partial charge is 0.200 e. The predicted molar refractivity (Wildman–Crippen MR) is 200 cm³/mol. The maximum absolute atomic E-state index is 14.0. The zero-order chi connectivity index (χ0) is 31.8. The van der Waals surface area contributed by atoms with Gasteiger partial charge in [-0.05, 0) is 69.4 Å². The van der Waals surface area contributed by atoms with E-state index in [1.54, 1.807) is 0 Å². The van der Waals surface area contributed by atoms with E-state index in [1.165, 1.54) is 43.4 Å². The first-order valence-electron chi connectivity index (χ1n) is 16.2. The molecular weight excluding hydrogens is 587 g/mol. The molecule has 0 aliphatic rings. The second-order valence-electron chi connectivity index (χ2n) is 12.5. The topological polar surface area (TPSA) is 35.1 Å². The Morgan fingerprint density at radius 1 is 0.375 bits per heavy atom. The molecule has 0 radical (unpaired) electrons. The highest BCUT2D eigenvalue weighted by Gasteiger charge is 2.18. The molecule has 0 amide bonds. The van der Waals surface area contributed by atoms with Gasteiger partial charge >= 0.3 is 0 Å². The molecule has 224 valence electrons. The molecular formula is C45H27NO2. The maximum atomic E-state index is 14.0. The summed E-state index contributed by atoms with van der Waals surface area (Å²) in [5.74, 6) is 0. The van der Waals surface area contributed by atoms with E-state index in [0.29, 0.717) is 21.9 Å². The third-order valence-corrected chi connectivity index (χ3v) is 9.75. The van der Waals surface area contributed by atoms with Crippen LogP contribution in [0.2, 0.25) is 0 Å². The first-order valence-corrected chi connectivity index (χ1v) is 16.2. The highest BCUT2D eigenvalue weighted by atomic mass is 16.3. The maximum Gasteiger partial charge on any atom is 0.200 e.